The SMILES string of the molecule is CC1OC1CC(CCCCCCC(=O)[O-])(CC1OC1C)C(=O)[O-]. The Labute approximate surface area is 137 Å². The zero-order valence-electron chi connectivity index (χ0n) is 13.9. The molecule has 0 aliphatic carbocycles. The Kier molecular flexibility index (Phi) is 6.03. The molecule has 2 aliphatic rings. The summed E-state index contributed by atoms with van der Waals surface area (Å²) in [7, 11) is 0. The van der Waals surface area contributed by atoms with Gasteiger partial charge in [0.2, 0.25) is 0 Å². The number of carboxylic acids is 2. The first kappa shape index (κ1) is 18.2. The van der Waals surface area contributed by atoms with E-state index >= 15 is 0 Å². The molecule has 2 fully saturated rings. The Bertz CT molecular complexity index is 417. The predicted octanol–water partition coefficient (Wildman–Crippen LogP) is 0.168. The fourth-order valence-electron chi connectivity index (χ4n) is 3.30. The van der Waals surface area contributed by atoms with Gasteiger partial charge in [0.05, 0.1) is 24.4 Å². The minimum absolute atomic E-state index is 0.0000379. The molecule has 0 aromatic heterocycles. The second-order valence-electron chi connectivity index (χ2n) is 7.02. The number of carboxylic acid groups (broad SMARTS) is 2. The van der Waals surface area contributed by atoms with E-state index in [0.717, 1.165) is 19.3 Å². The van der Waals surface area contributed by atoms with Crippen molar-refractivity contribution >= 4 is 11.9 Å². The molecule has 0 N–H and O–H groups in total. The van der Waals surface area contributed by atoms with E-state index < -0.39 is 17.4 Å². The van der Waals surface area contributed by atoms with E-state index in [-0.39, 0.29) is 30.8 Å². The van der Waals surface area contributed by atoms with E-state index in [4.69, 9.17) is 9.47 Å². The third-order valence-electron chi connectivity index (χ3n) is 5.08. The van der Waals surface area contributed by atoms with Gasteiger partial charge in [-0.25, -0.2) is 0 Å². The Hall–Kier alpha value is -1.14. The third kappa shape index (κ3) is 5.46. The second-order valence-corrected chi connectivity index (χ2v) is 7.02. The summed E-state index contributed by atoms with van der Waals surface area (Å²) in [6.45, 7) is 3.89. The molecule has 0 aromatic carbocycles. The van der Waals surface area contributed by atoms with Gasteiger partial charge >= 0.3 is 0 Å². The van der Waals surface area contributed by atoms with Crippen LogP contribution in [-0.4, -0.2) is 36.4 Å². The summed E-state index contributed by atoms with van der Waals surface area (Å²) in [6.07, 6.45) is 4.67. The van der Waals surface area contributed by atoms with Crippen LogP contribution < -0.4 is 10.2 Å². The van der Waals surface area contributed by atoms with Crippen LogP contribution in [0.4, 0.5) is 0 Å². The average Bonchev–Trinajstić information content (AvgIpc) is 3.34. The van der Waals surface area contributed by atoms with Crippen LogP contribution in [0.15, 0.2) is 0 Å². The van der Waals surface area contributed by atoms with Gasteiger partial charge in [0.25, 0.3) is 0 Å². The fraction of sp³-hybridized carbons (Fsp3) is 0.882. The van der Waals surface area contributed by atoms with Crippen LogP contribution in [-0.2, 0) is 19.1 Å². The molecule has 132 valence electrons. The lowest BCUT2D eigenvalue weighted by Crippen LogP contribution is -2.44. The van der Waals surface area contributed by atoms with Gasteiger partial charge in [-0.1, -0.05) is 19.3 Å². The number of carbonyl (C=O) groups is 2. The average molecular weight is 326 g/mol. The molecule has 0 spiro atoms. The maximum atomic E-state index is 11.9. The van der Waals surface area contributed by atoms with E-state index in [1.807, 2.05) is 13.8 Å². The van der Waals surface area contributed by atoms with Gasteiger partial charge in [-0.3, -0.25) is 0 Å². The highest BCUT2D eigenvalue weighted by Crippen LogP contribution is 2.45. The Morgan fingerprint density at radius 2 is 1.39 bits per heavy atom. The van der Waals surface area contributed by atoms with E-state index in [1.165, 1.54) is 0 Å². The molecule has 4 unspecified atom stereocenters. The van der Waals surface area contributed by atoms with Crippen molar-refractivity contribution < 1.29 is 29.3 Å². The lowest BCUT2D eigenvalue weighted by Gasteiger charge is -2.34. The van der Waals surface area contributed by atoms with Crippen molar-refractivity contribution in [1.29, 1.82) is 0 Å². The topological polar surface area (TPSA) is 105 Å². The molecule has 4 atom stereocenters. The maximum absolute atomic E-state index is 11.9. The molecule has 6 nitrogen and oxygen atoms in total. The zero-order valence-corrected chi connectivity index (χ0v) is 13.9. The van der Waals surface area contributed by atoms with Gasteiger partial charge in [-0.05, 0) is 46.0 Å². The van der Waals surface area contributed by atoms with Crippen molar-refractivity contribution in [2.24, 2.45) is 5.41 Å². The predicted molar refractivity (Wildman–Crippen MR) is 78.1 cm³/mol. The fourth-order valence-corrected chi connectivity index (χ4v) is 3.30. The maximum Gasteiger partial charge on any atom is 0.0848 e. The first-order valence-electron chi connectivity index (χ1n) is 8.56. The summed E-state index contributed by atoms with van der Waals surface area (Å²) in [6, 6.07) is 0. The lowest BCUT2D eigenvalue weighted by molar-refractivity contribution is -0.321. The minimum atomic E-state index is -1.03. The van der Waals surface area contributed by atoms with Crippen LogP contribution in [0.3, 0.4) is 0 Å². The molecular weight excluding hydrogens is 300 g/mol. The molecule has 2 rings (SSSR count). The third-order valence-corrected chi connectivity index (χ3v) is 5.08. The Morgan fingerprint density at radius 3 is 1.78 bits per heavy atom. The number of unbranched alkanes of at least 4 members (excludes halogenated alkanes) is 3. The van der Waals surface area contributed by atoms with Crippen LogP contribution in [0.25, 0.3) is 0 Å². The normalized spacial score (nSPS) is 31.4. The number of aliphatic carboxylic acids is 2. The van der Waals surface area contributed by atoms with Crippen molar-refractivity contribution in [2.75, 3.05) is 0 Å². The summed E-state index contributed by atoms with van der Waals surface area (Å²) in [5.74, 6) is -2.05. The summed E-state index contributed by atoms with van der Waals surface area (Å²) in [5, 5.41) is 22.2. The summed E-state index contributed by atoms with van der Waals surface area (Å²) in [5.41, 5.74) is -0.904. The molecule has 0 radical (unpaired) electrons. The van der Waals surface area contributed by atoms with Crippen LogP contribution >= 0.6 is 0 Å². The highest BCUT2D eigenvalue weighted by atomic mass is 16.6. The standard InChI is InChI=1S/C17H28O6/c1-11-13(22-11)9-17(16(20)21,10-14-12(2)23-14)8-6-4-3-5-7-15(18)19/h11-14H,3-10H2,1-2H3,(H,18,19)(H,20,21)/p-2. The van der Waals surface area contributed by atoms with Crippen molar-refractivity contribution in [3.63, 3.8) is 0 Å². The van der Waals surface area contributed by atoms with Crippen molar-refractivity contribution in [3.05, 3.63) is 0 Å². The van der Waals surface area contributed by atoms with Crippen molar-refractivity contribution in [1.82, 2.24) is 0 Å². The Balaban J connectivity index is 1.84. The first-order chi connectivity index (χ1) is 10.8. The number of carbonyl (C=O) groups excluding carboxylic acids is 2. The highest BCUT2D eigenvalue weighted by Gasteiger charge is 2.48. The molecule has 23 heavy (non-hydrogen) atoms. The van der Waals surface area contributed by atoms with E-state index in [0.29, 0.717) is 25.7 Å². The quantitative estimate of drug-likeness (QED) is 0.374. The van der Waals surface area contributed by atoms with Gasteiger partial charge in [0.1, 0.15) is 0 Å². The zero-order chi connectivity index (χ0) is 17.0. The molecule has 0 bridgehead atoms. The molecule has 2 heterocycles. The van der Waals surface area contributed by atoms with E-state index in [2.05, 4.69) is 0 Å². The smallest absolute Gasteiger partial charge is 0.0848 e. The van der Waals surface area contributed by atoms with Gasteiger partial charge in [0, 0.05) is 17.4 Å². The minimum Gasteiger partial charge on any atom is -0.550 e. The van der Waals surface area contributed by atoms with Gasteiger partial charge in [-0.2, -0.15) is 0 Å². The van der Waals surface area contributed by atoms with E-state index in [1.54, 1.807) is 0 Å². The Morgan fingerprint density at radius 1 is 0.913 bits per heavy atom. The van der Waals surface area contributed by atoms with Gasteiger partial charge in [0.15, 0.2) is 0 Å². The first-order valence-corrected chi connectivity index (χ1v) is 8.56. The van der Waals surface area contributed by atoms with E-state index in [9.17, 15) is 19.8 Å². The van der Waals surface area contributed by atoms with Crippen molar-refractivity contribution in [2.45, 2.75) is 89.6 Å². The summed E-state index contributed by atoms with van der Waals surface area (Å²) in [4.78, 5) is 22.2. The molecule has 2 saturated heterocycles. The second kappa shape index (κ2) is 7.62. The van der Waals surface area contributed by atoms with Crippen LogP contribution in [0.1, 0.15) is 65.2 Å². The van der Waals surface area contributed by atoms with Crippen LogP contribution in [0, 0.1) is 5.41 Å². The van der Waals surface area contributed by atoms with Crippen molar-refractivity contribution in [3.8, 4) is 0 Å². The monoisotopic (exact) mass is 326 g/mol. The number of hydrogen-bond donors (Lipinski definition) is 0. The van der Waals surface area contributed by atoms with Gasteiger partial charge in [-0.15, -0.1) is 0 Å². The summed E-state index contributed by atoms with van der Waals surface area (Å²) >= 11 is 0. The number of hydrogen-bond acceptors (Lipinski definition) is 6. The highest BCUT2D eigenvalue weighted by molar-refractivity contribution is 5.72. The molecule has 2 aliphatic heterocycles. The van der Waals surface area contributed by atoms with Gasteiger partial charge < -0.3 is 29.3 Å². The number of rotatable bonds is 12. The van der Waals surface area contributed by atoms with Crippen LogP contribution in [0.5, 0.6) is 0 Å². The molecule has 0 saturated carbocycles. The molecule has 0 aromatic rings. The molecule has 6 heteroatoms. The molecular formula is C17H26O6-2. The van der Waals surface area contributed by atoms with Crippen LogP contribution in [0.2, 0.25) is 0 Å². The lowest BCUT2D eigenvalue weighted by atomic mass is 9.74. The molecule has 0 amide bonds. The number of epoxide rings is 2. The summed E-state index contributed by atoms with van der Waals surface area (Å²) < 4.78 is 10.8. The number of ether oxygens (including phenoxy) is 2. The largest absolute Gasteiger partial charge is 0.550 e.